The Morgan fingerprint density at radius 2 is 1.83 bits per heavy atom. The van der Waals surface area contributed by atoms with Crippen LogP contribution in [0, 0.1) is 0 Å². The summed E-state index contributed by atoms with van der Waals surface area (Å²) in [6, 6.07) is 11.4. The van der Waals surface area contributed by atoms with Gasteiger partial charge in [0.15, 0.2) is 6.61 Å². The van der Waals surface area contributed by atoms with Crippen molar-refractivity contribution in [2.75, 3.05) is 18.5 Å². The Balaban J connectivity index is 1.92. The van der Waals surface area contributed by atoms with Crippen LogP contribution in [-0.2, 0) is 14.4 Å². The third-order valence-corrected chi connectivity index (χ3v) is 4.20. The summed E-state index contributed by atoms with van der Waals surface area (Å²) in [5.41, 5.74) is 3.07. The minimum absolute atomic E-state index is 0.164. The lowest BCUT2D eigenvalue weighted by Crippen LogP contribution is -2.37. The van der Waals surface area contributed by atoms with Crippen LogP contribution in [0.25, 0.3) is 0 Å². The van der Waals surface area contributed by atoms with Crippen molar-refractivity contribution in [3.8, 4) is 5.75 Å². The van der Waals surface area contributed by atoms with Gasteiger partial charge < -0.3 is 15.4 Å². The zero-order valence-electron chi connectivity index (χ0n) is 15.7. The molecule has 0 spiro atoms. The van der Waals surface area contributed by atoms with Crippen LogP contribution >= 0.6 is 23.2 Å². The van der Waals surface area contributed by atoms with E-state index in [0.717, 1.165) is 0 Å². The molecule has 0 radical (unpaired) electrons. The van der Waals surface area contributed by atoms with Gasteiger partial charge in [0.05, 0.1) is 16.3 Å². The molecule has 0 aliphatic carbocycles. The van der Waals surface area contributed by atoms with Crippen molar-refractivity contribution in [3.05, 3.63) is 70.7 Å². The summed E-state index contributed by atoms with van der Waals surface area (Å²) in [5.74, 6) is -1.81. The molecule has 0 aliphatic rings. The molecule has 3 N–H and O–H groups in total. The Morgan fingerprint density at radius 1 is 1.07 bits per heavy atom. The molecule has 2 rings (SSSR count). The molecule has 0 bridgehead atoms. The van der Waals surface area contributed by atoms with E-state index in [4.69, 9.17) is 27.9 Å². The van der Waals surface area contributed by atoms with E-state index in [1.807, 2.05) is 0 Å². The molecule has 0 fully saturated rings. The summed E-state index contributed by atoms with van der Waals surface area (Å²) < 4.78 is 5.52. The van der Waals surface area contributed by atoms with Gasteiger partial charge in [-0.05, 0) is 30.3 Å². The maximum absolute atomic E-state index is 12.1. The molecule has 0 heterocycles. The lowest BCUT2D eigenvalue weighted by Gasteiger charge is -2.10. The quantitative estimate of drug-likeness (QED) is 0.249. The van der Waals surface area contributed by atoms with Crippen molar-refractivity contribution in [1.82, 2.24) is 10.7 Å². The molecule has 30 heavy (non-hydrogen) atoms. The van der Waals surface area contributed by atoms with Gasteiger partial charge in [-0.15, -0.1) is 6.58 Å². The zero-order chi connectivity index (χ0) is 21.9. The molecule has 156 valence electrons. The van der Waals surface area contributed by atoms with Gasteiger partial charge in [0.25, 0.3) is 5.91 Å². The van der Waals surface area contributed by atoms with Crippen molar-refractivity contribution in [3.63, 3.8) is 0 Å². The average Bonchev–Trinajstić information content (AvgIpc) is 2.73. The molecule has 0 aromatic heterocycles. The number of halogens is 2. The van der Waals surface area contributed by atoms with Crippen molar-refractivity contribution < 1.29 is 19.1 Å². The maximum Gasteiger partial charge on any atom is 0.329 e. The number of benzene rings is 2. The topological polar surface area (TPSA) is 109 Å². The van der Waals surface area contributed by atoms with Gasteiger partial charge in [-0.2, -0.15) is 5.10 Å². The number of hydrogen-bond donors (Lipinski definition) is 3. The molecule has 3 amide bonds. The van der Waals surface area contributed by atoms with Crippen LogP contribution in [0.4, 0.5) is 5.69 Å². The molecule has 0 unspecified atom stereocenters. The Hall–Kier alpha value is -3.36. The van der Waals surface area contributed by atoms with E-state index in [1.54, 1.807) is 36.4 Å². The number of amides is 3. The van der Waals surface area contributed by atoms with Crippen LogP contribution in [0.15, 0.2) is 60.2 Å². The second kappa shape index (κ2) is 11.6. The first-order valence-electron chi connectivity index (χ1n) is 8.59. The Bertz CT molecular complexity index is 979. The van der Waals surface area contributed by atoms with E-state index >= 15 is 0 Å². The third-order valence-electron chi connectivity index (χ3n) is 3.46. The van der Waals surface area contributed by atoms with Crippen LogP contribution in [0.2, 0.25) is 10.0 Å². The van der Waals surface area contributed by atoms with Gasteiger partial charge >= 0.3 is 11.8 Å². The molecule has 0 atom stereocenters. The highest BCUT2D eigenvalue weighted by Crippen LogP contribution is 2.25. The average molecular weight is 449 g/mol. The largest absolute Gasteiger partial charge is 0.483 e. The molecule has 0 saturated carbocycles. The maximum atomic E-state index is 12.1. The molecule has 0 saturated heterocycles. The van der Waals surface area contributed by atoms with E-state index in [-0.39, 0.29) is 13.2 Å². The summed E-state index contributed by atoms with van der Waals surface area (Å²) in [4.78, 5) is 35.1. The van der Waals surface area contributed by atoms with Crippen molar-refractivity contribution in [1.29, 1.82) is 0 Å². The lowest BCUT2D eigenvalue weighted by molar-refractivity contribution is -0.139. The number of hydrazone groups is 1. The predicted octanol–water partition coefficient (Wildman–Crippen LogP) is 2.76. The number of carbonyl (C=O) groups excluding carboxylic acids is 3. The molecular weight excluding hydrogens is 431 g/mol. The Morgan fingerprint density at radius 3 is 2.57 bits per heavy atom. The number of ether oxygens (including phenoxy) is 1. The summed E-state index contributed by atoms with van der Waals surface area (Å²) >= 11 is 11.8. The van der Waals surface area contributed by atoms with Crippen molar-refractivity contribution in [2.24, 2.45) is 5.10 Å². The summed E-state index contributed by atoms with van der Waals surface area (Å²) in [5, 5.41) is 9.38. The smallest absolute Gasteiger partial charge is 0.329 e. The van der Waals surface area contributed by atoms with Crippen molar-refractivity contribution in [2.45, 2.75) is 0 Å². The summed E-state index contributed by atoms with van der Waals surface area (Å²) in [6.07, 6.45) is 2.74. The van der Waals surface area contributed by atoms with Crippen LogP contribution in [0.5, 0.6) is 5.75 Å². The van der Waals surface area contributed by atoms with E-state index in [9.17, 15) is 14.4 Å². The highest BCUT2D eigenvalue weighted by atomic mass is 35.5. The molecule has 2 aromatic carbocycles. The van der Waals surface area contributed by atoms with Crippen LogP contribution in [0.1, 0.15) is 5.56 Å². The number of rotatable bonds is 8. The zero-order valence-corrected chi connectivity index (χ0v) is 17.2. The first-order valence-corrected chi connectivity index (χ1v) is 9.35. The number of hydrogen-bond acceptors (Lipinski definition) is 5. The van der Waals surface area contributed by atoms with Crippen molar-refractivity contribution >= 4 is 52.8 Å². The molecule has 10 heteroatoms. The monoisotopic (exact) mass is 448 g/mol. The molecular formula is C20H18Cl2N4O4. The highest BCUT2D eigenvalue weighted by molar-refractivity contribution is 6.42. The second-order valence-corrected chi connectivity index (χ2v) is 6.52. The number of anilines is 1. The highest BCUT2D eigenvalue weighted by Gasteiger charge is 2.11. The van der Waals surface area contributed by atoms with Gasteiger partial charge in [-0.3, -0.25) is 14.4 Å². The van der Waals surface area contributed by atoms with E-state index in [2.05, 4.69) is 27.7 Å². The first kappa shape index (κ1) is 22.9. The predicted molar refractivity (Wildman–Crippen MR) is 116 cm³/mol. The van der Waals surface area contributed by atoms with E-state index in [1.165, 1.54) is 18.4 Å². The SMILES string of the molecule is C=CCNC(=O)C(=O)N/N=C\c1ccccc1OCC(=O)Nc1ccc(Cl)c(Cl)c1. The summed E-state index contributed by atoms with van der Waals surface area (Å²) in [7, 11) is 0. The van der Waals surface area contributed by atoms with Gasteiger partial charge in [-0.1, -0.05) is 41.4 Å². The second-order valence-electron chi connectivity index (χ2n) is 5.70. The number of nitrogens with zero attached hydrogens (tertiary/aromatic N) is 1. The van der Waals surface area contributed by atoms with Gasteiger partial charge in [0.1, 0.15) is 5.75 Å². The standard InChI is InChI=1S/C20H18Cl2N4O4/c1-2-9-23-19(28)20(29)26-24-11-13-5-3-4-6-17(13)30-12-18(27)25-14-7-8-15(21)16(22)10-14/h2-8,10-11H,1,9,12H2,(H,23,28)(H,25,27)(H,26,29)/b24-11-. The van der Waals surface area contributed by atoms with E-state index in [0.29, 0.717) is 27.0 Å². The van der Waals surface area contributed by atoms with E-state index < -0.39 is 17.7 Å². The minimum Gasteiger partial charge on any atom is -0.483 e. The fraction of sp³-hybridized carbons (Fsp3) is 0.100. The fourth-order valence-electron chi connectivity index (χ4n) is 2.09. The van der Waals surface area contributed by atoms with Crippen LogP contribution in [0.3, 0.4) is 0 Å². The van der Waals surface area contributed by atoms with Crippen LogP contribution < -0.4 is 20.8 Å². The number of carbonyl (C=O) groups is 3. The number of nitrogens with one attached hydrogen (secondary N) is 3. The fourth-order valence-corrected chi connectivity index (χ4v) is 2.39. The Kier molecular flexibility index (Phi) is 8.86. The van der Waals surface area contributed by atoms with Crippen LogP contribution in [-0.4, -0.2) is 37.1 Å². The Labute approximate surface area is 182 Å². The minimum atomic E-state index is -0.924. The normalized spacial score (nSPS) is 10.3. The molecule has 0 aliphatic heterocycles. The third kappa shape index (κ3) is 7.23. The number of para-hydroxylation sites is 1. The van der Waals surface area contributed by atoms with Gasteiger partial charge in [0.2, 0.25) is 0 Å². The first-order chi connectivity index (χ1) is 14.4. The summed E-state index contributed by atoms with van der Waals surface area (Å²) in [6.45, 7) is 3.32. The van der Waals surface area contributed by atoms with Gasteiger partial charge in [-0.25, -0.2) is 5.43 Å². The van der Waals surface area contributed by atoms with Gasteiger partial charge in [0, 0.05) is 17.8 Å². The molecule has 8 nitrogen and oxygen atoms in total. The lowest BCUT2D eigenvalue weighted by atomic mass is 10.2. The molecule has 2 aromatic rings.